The summed E-state index contributed by atoms with van der Waals surface area (Å²) >= 11 is 0. The van der Waals surface area contributed by atoms with Crippen molar-refractivity contribution >= 4 is 10.9 Å². The Morgan fingerprint density at radius 2 is 2.05 bits per heavy atom. The van der Waals surface area contributed by atoms with E-state index in [9.17, 15) is 0 Å². The normalized spacial score (nSPS) is 11.3. The SMILES string of the molecule is CNCCCc1ncc(-c2c(C)[nH]c3ccccc23)[nH]1. The molecular weight excluding hydrogens is 248 g/mol. The Hall–Kier alpha value is -2.07. The van der Waals surface area contributed by atoms with E-state index >= 15 is 0 Å². The van der Waals surface area contributed by atoms with Gasteiger partial charge in [-0.1, -0.05) is 18.2 Å². The monoisotopic (exact) mass is 268 g/mol. The first-order valence-corrected chi connectivity index (χ1v) is 7.05. The van der Waals surface area contributed by atoms with Crippen LogP contribution in [-0.4, -0.2) is 28.5 Å². The molecule has 0 atom stereocenters. The van der Waals surface area contributed by atoms with Crippen molar-refractivity contribution in [3.05, 3.63) is 42.0 Å². The summed E-state index contributed by atoms with van der Waals surface area (Å²) in [4.78, 5) is 11.4. The van der Waals surface area contributed by atoms with Crippen LogP contribution in [0, 0.1) is 6.92 Å². The molecule has 0 amide bonds. The summed E-state index contributed by atoms with van der Waals surface area (Å²) in [6, 6.07) is 8.38. The molecule has 0 bridgehead atoms. The van der Waals surface area contributed by atoms with Crippen LogP contribution in [0.5, 0.6) is 0 Å². The fourth-order valence-corrected chi connectivity index (χ4v) is 2.67. The predicted molar refractivity (Wildman–Crippen MR) is 82.9 cm³/mol. The molecule has 1 aromatic carbocycles. The van der Waals surface area contributed by atoms with Crippen molar-refractivity contribution in [3.63, 3.8) is 0 Å². The molecule has 0 unspecified atom stereocenters. The average molecular weight is 268 g/mol. The maximum Gasteiger partial charge on any atom is 0.106 e. The number of nitrogens with one attached hydrogen (secondary N) is 3. The number of aromatic amines is 2. The second kappa shape index (κ2) is 5.51. The molecule has 3 aromatic rings. The average Bonchev–Trinajstić information content (AvgIpc) is 3.02. The van der Waals surface area contributed by atoms with E-state index in [0.29, 0.717) is 0 Å². The van der Waals surface area contributed by atoms with Crippen LogP contribution in [-0.2, 0) is 6.42 Å². The molecule has 20 heavy (non-hydrogen) atoms. The number of H-pyrrole nitrogens is 2. The topological polar surface area (TPSA) is 56.5 Å². The smallest absolute Gasteiger partial charge is 0.106 e. The lowest BCUT2D eigenvalue weighted by Gasteiger charge is -1.99. The molecule has 0 saturated carbocycles. The molecule has 2 aromatic heterocycles. The van der Waals surface area contributed by atoms with Crippen molar-refractivity contribution in [2.75, 3.05) is 13.6 Å². The largest absolute Gasteiger partial charge is 0.358 e. The summed E-state index contributed by atoms with van der Waals surface area (Å²) in [5.41, 5.74) is 4.68. The van der Waals surface area contributed by atoms with Crippen LogP contribution in [0.4, 0.5) is 0 Å². The highest BCUT2D eigenvalue weighted by Gasteiger charge is 2.12. The van der Waals surface area contributed by atoms with Crippen molar-refractivity contribution in [1.29, 1.82) is 0 Å². The standard InChI is InChI=1S/C16H20N4/c1-11-16(12-6-3-4-7-13(12)19-11)14-10-18-15(20-14)8-5-9-17-2/h3-4,6-7,10,17,19H,5,8-9H2,1-2H3,(H,18,20). The van der Waals surface area contributed by atoms with E-state index in [1.54, 1.807) is 0 Å². The van der Waals surface area contributed by atoms with Gasteiger partial charge in [0, 0.05) is 28.6 Å². The van der Waals surface area contributed by atoms with Gasteiger partial charge in [0.1, 0.15) is 5.82 Å². The molecule has 0 fully saturated rings. The zero-order chi connectivity index (χ0) is 13.9. The predicted octanol–water partition coefficient (Wildman–Crippen LogP) is 3.02. The molecule has 0 saturated heterocycles. The lowest BCUT2D eigenvalue weighted by atomic mass is 10.1. The van der Waals surface area contributed by atoms with Crippen LogP contribution in [0.2, 0.25) is 0 Å². The van der Waals surface area contributed by atoms with Gasteiger partial charge in [-0.05, 0) is 33.0 Å². The summed E-state index contributed by atoms with van der Waals surface area (Å²) < 4.78 is 0. The number of hydrogen-bond donors (Lipinski definition) is 3. The molecule has 4 nitrogen and oxygen atoms in total. The molecule has 4 heteroatoms. The number of hydrogen-bond acceptors (Lipinski definition) is 2. The van der Waals surface area contributed by atoms with Gasteiger partial charge in [-0.25, -0.2) is 4.98 Å². The number of fused-ring (bicyclic) bond motifs is 1. The van der Waals surface area contributed by atoms with Gasteiger partial charge in [-0.2, -0.15) is 0 Å². The van der Waals surface area contributed by atoms with Crippen LogP contribution < -0.4 is 5.32 Å². The molecule has 0 aliphatic carbocycles. The van der Waals surface area contributed by atoms with E-state index in [2.05, 4.69) is 51.5 Å². The third kappa shape index (κ3) is 2.34. The van der Waals surface area contributed by atoms with Crippen LogP contribution in [0.25, 0.3) is 22.2 Å². The molecule has 2 heterocycles. The maximum atomic E-state index is 4.49. The molecule has 0 spiro atoms. The zero-order valence-electron chi connectivity index (χ0n) is 12.0. The number of imidazole rings is 1. The Bertz CT molecular complexity index is 708. The van der Waals surface area contributed by atoms with Gasteiger partial charge in [0.05, 0.1) is 11.9 Å². The Balaban J connectivity index is 1.93. The fraction of sp³-hybridized carbons (Fsp3) is 0.312. The van der Waals surface area contributed by atoms with E-state index < -0.39 is 0 Å². The Kier molecular flexibility index (Phi) is 3.56. The van der Waals surface area contributed by atoms with E-state index in [1.807, 2.05) is 13.2 Å². The minimum Gasteiger partial charge on any atom is -0.358 e. The third-order valence-electron chi connectivity index (χ3n) is 3.63. The highest BCUT2D eigenvalue weighted by Crippen LogP contribution is 2.30. The van der Waals surface area contributed by atoms with Crippen LogP contribution in [0.15, 0.2) is 30.5 Å². The van der Waals surface area contributed by atoms with Crippen molar-refractivity contribution in [1.82, 2.24) is 20.3 Å². The van der Waals surface area contributed by atoms with Crippen LogP contribution in [0.1, 0.15) is 17.9 Å². The van der Waals surface area contributed by atoms with Crippen LogP contribution >= 0.6 is 0 Å². The molecule has 3 rings (SSSR count). The molecule has 0 radical (unpaired) electrons. The second-order valence-electron chi connectivity index (χ2n) is 5.12. The van der Waals surface area contributed by atoms with Crippen molar-refractivity contribution in [2.24, 2.45) is 0 Å². The van der Waals surface area contributed by atoms with Gasteiger partial charge in [-0.3, -0.25) is 0 Å². The highest BCUT2D eigenvalue weighted by molar-refractivity contribution is 5.96. The van der Waals surface area contributed by atoms with Gasteiger partial charge in [0.15, 0.2) is 0 Å². The first-order chi connectivity index (χ1) is 9.79. The molecule has 0 aliphatic rings. The first-order valence-electron chi connectivity index (χ1n) is 7.05. The lowest BCUT2D eigenvalue weighted by Crippen LogP contribution is -2.08. The summed E-state index contributed by atoms with van der Waals surface area (Å²) in [5, 5.41) is 4.40. The Morgan fingerprint density at radius 3 is 2.90 bits per heavy atom. The molecule has 3 N–H and O–H groups in total. The van der Waals surface area contributed by atoms with Gasteiger partial charge in [-0.15, -0.1) is 0 Å². The van der Waals surface area contributed by atoms with Gasteiger partial charge >= 0.3 is 0 Å². The van der Waals surface area contributed by atoms with Crippen molar-refractivity contribution in [2.45, 2.75) is 19.8 Å². The number of rotatable bonds is 5. The van der Waals surface area contributed by atoms with Gasteiger partial charge < -0.3 is 15.3 Å². The Morgan fingerprint density at radius 1 is 1.20 bits per heavy atom. The summed E-state index contributed by atoms with van der Waals surface area (Å²) in [5.74, 6) is 1.06. The van der Waals surface area contributed by atoms with Gasteiger partial charge in [0.25, 0.3) is 0 Å². The minimum atomic E-state index is 0.974. The highest BCUT2D eigenvalue weighted by atomic mass is 14.9. The summed E-state index contributed by atoms with van der Waals surface area (Å²) in [6.07, 6.45) is 4.01. The number of benzene rings is 1. The third-order valence-corrected chi connectivity index (χ3v) is 3.63. The van der Waals surface area contributed by atoms with E-state index in [-0.39, 0.29) is 0 Å². The maximum absolute atomic E-state index is 4.49. The first kappa shape index (κ1) is 12.9. The minimum absolute atomic E-state index is 0.974. The van der Waals surface area contributed by atoms with E-state index in [4.69, 9.17) is 0 Å². The molecule has 104 valence electrons. The number of aryl methyl sites for hydroxylation is 2. The fourth-order valence-electron chi connectivity index (χ4n) is 2.67. The molecular formula is C16H20N4. The summed E-state index contributed by atoms with van der Waals surface area (Å²) in [6.45, 7) is 3.12. The zero-order valence-corrected chi connectivity index (χ0v) is 12.0. The number of para-hydroxylation sites is 1. The van der Waals surface area contributed by atoms with E-state index in [1.165, 1.54) is 22.2 Å². The lowest BCUT2D eigenvalue weighted by molar-refractivity contribution is 0.707. The van der Waals surface area contributed by atoms with Crippen molar-refractivity contribution < 1.29 is 0 Å². The number of nitrogens with zero attached hydrogens (tertiary/aromatic N) is 1. The van der Waals surface area contributed by atoms with Crippen LogP contribution in [0.3, 0.4) is 0 Å². The summed E-state index contributed by atoms with van der Waals surface area (Å²) in [7, 11) is 1.98. The molecule has 0 aliphatic heterocycles. The van der Waals surface area contributed by atoms with Crippen molar-refractivity contribution in [3.8, 4) is 11.3 Å². The number of aromatic nitrogens is 3. The van der Waals surface area contributed by atoms with E-state index in [0.717, 1.165) is 30.9 Å². The second-order valence-corrected chi connectivity index (χ2v) is 5.12. The quantitative estimate of drug-likeness (QED) is 0.623. The Labute approximate surface area is 118 Å². The van der Waals surface area contributed by atoms with Gasteiger partial charge in [0.2, 0.25) is 0 Å².